The lowest BCUT2D eigenvalue weighted by molar-refractivity contribution is -0.274. The van der Waals surface area contributed by atoms with Crippen molar-refractivity contribution >= 4 is 22.7 Å². The minimum atomic E-state index is -4.73. The molecule has 1 aromatic rings. The fourth-order valence-corrected chi connectivity index (χ4v) is 3.16. The number of hydrogen-bond acceptors (Lipinski definition) is 4. The van der Waals surface area contributed by atoms with Gasteiger partial charge in [0.25, 0.3) is 0 Å². The number of piperidine rings is 1. The molecule has 6 nitrogen and oxygen atoms in total. The molecule has 0 aliphatic carbocycles. The highest BCUT2D eigenvalue weighted by Crippen LogP contribution is 2.25. The maximum absolute atomic E-state index is 12.1. The molecule has 10 heteroatoms. The van der Waals surface area contributed by atoms with Gasteiger partial charge in [0.15, 0.2) is 5.96 Å². The quantitative estimate of drug-likeness (QED) is 0.502. The minimum Gasteiger partial charge on any atom is -0.772 e. The molecule has 1 aromatic carbocycles. The van der Waals surface area contributed by atoms with E-state index in [0.29, 0.717) is 31.6 Å². The van der Waals surface area contributed by atoms with Crippen LogP contribution in [-0.2, 0) is 11.1 Å². The fraction of sp³-hybridized carbons (Fsp3) is 0.500. The van der Waals surface area contributed by atoms with E-state index in [9.17, 15) is 21.9 Å². The minimum absolute atomic E-state index is 0.117. The number of likely N-dealkylation sites (tertiary alicyclic amines) is 1. The number of nitrogens with two attached hydrogens (primary N) is 1. The van der Waals surface area contributed by atoms with Crippen molar-refractivity contribution in [2.24, 2.45) is 16.6 Å². The van der Waals surface area contributed by atoms with Gasteiger partial charge in [-0.3, -0.25) is 4.21 Å². The number of aliphatic imine (C=N–C) groups is 1. The topological polar surface area (TPSA) is 91.0 Å². The van der Waals surface area contributed by atoms with Gasteiger partial charge >= 0.3 is 6.36 Å². The molecular formula is C14H17F3N3O3S-. The van der Waals surface area contributed by atoms with Gasteiger partial charge < -0.3 is 19.9 Å². The lowest BCUT2D eigenvalue weighted by Crippen LogP contribution is -2.43. The summed E-state index contributed by atoms with van der Waals surface area (Å²) in [6, 6.07) is 5.08. The monoisotopic (exact) mass is 364 g/mol. The third-order valence-corrected chi connectivity index (χ3v) is 4.37. The van der Waals surface area contributed by atoms with Crippen LogP contribution in [0.1, 0.15) is 12.8 Å². The van der Waals surface area contributed by atoms with Gasteiger partial charge in [-0.05, 0) is 43.0 Å². The van der Waals surface area contributed by atoms with Gasteiger partial charge in [-0.2, -0.15) is 0 Å². The number of halogens is 3. The maximum atomic E-state index is 12.1. The van der Waals surface area contributed by atoms with Crippen molar-refractivity contribution in [3.05, 3.63) is 24.3 Å². The van der Waals surface area contributed by atoms with Crippen molar-refractivity contribution in [1.82, 2.24) is 4.90 Å². The Balaban J connectivity index is 1.92. The van der Waals surface area contributed by atoms with E-state index in [4.69, 9.17) is 5.73 Å². The van der Waals surface area contributed by atoms with E-state index in [2.05, 4.69) is 9.73 Å². The van der Waals surface area contributed by atoms with Gasteiger partial charge in [0.1, 0.15) is 5.75 Å². The summed E-state index contributed by atoms with van der Waals surface area (Å²) in [5, 5.41) is 0. The Bertz CT molecular complexity index is 600. The summed E-state index contributed by atoms with van der Waals surface area (Å²) in [4.78, 5) is 5.99. The van der Waals surface area contributed by atoms with E-state index in [-0.39, 0.29) is 23.4 Å². The van der Waals surface area contributed by atoms with E-state index in [1.54, 1.807) is 0 Å². The summed E-state index contributed by atoms with van der Waals surface area (Å²) in [5.74, 6) is 0.185. The number of benzene rings is 1. The highest BCUT2D eigenvalue weighted by Gasteiger charge is 2.31. The second-order valence-corrected chi connectivity index (χ2v) is 6.35. The number of rotatable bonds is 4. The summed E-state index contributed by atoms with van der Waals surface area (Å²) >= 11 is -2.05. The van der Waals surface area contributed by atoms with Crippen LogP contribution in [0.2, 0.25) is 0 Å². The van der Waals surface area contributed by atoms with Crippen molar-refractivity contribution in [3.63, 3.8) is 0 Å². The number of hydrogen-bond donors (Lipinski definition) is 1. The van der Waals surface area contributed by atoms with Gasteiger partial charge in [0.2, 0.25) is 0 Å². The van der Waals surface area contributed by atoms with Gasteiger partial charge in [0, 0.05) is 18.8 Å². The molecule has 2 rings (SSSR count). The lowest BCUT2D eigenvalue weighted by Gasteiger charge is -2.32. The third-order valence-electron chi connectivity index (χ3n) is 3.62. The number of nitrogens with zero attached hydrogens (tertiary/aromatic N) is 2. The highest BCUT2D eigenvalue weighted by atomic mass is 32.2. The van der Waals surface area contributed by atoms with Crippen molar-refractivity contribution in [1.29, 1.82) is 0 Å². The second-order valence-electron chi connectivity index (χ2n) is 5.41. The van der Waals surface area contributed by atoms with Crippen molar-refractivity contribution in [2.75, 3.05) is 18.8 Å². The molecular weight excluding hydrogens is 347 g/mol. The Hall–Kier alpha value is -1.81. The Kier molecular flexibility index (Phi) is 6.05. The van der Waals surface area contributed by atoms with E-state index in [1.807, 2.05) is 4.90 Å². The molecule has 24 heavy (non-hydrogen) atoms. The standard InChI is InChI=1S/C14H18F3N3O3S/c15-14(16,17)23-12-3-1-11(2-4-12)19-13(18)20-7-5-10(6-8-20)9-24(21)22/h1-4,10H,5-9H2,(H2,18,19)(H,21,22)/p-1. The van der Waals surface area contributed by atoms with Gasteiger partial charge in [0.05, 0.1) is 5.69 Å². The summed E-state index contributed by atoms with van der Waals surface area (Å²) in [7, 11) is 0. The number of alkyl halides is 3. The molecule has 1 unspecified atom stereocenters. The van der Waals surface area contributed by atoms with Crippen LogP contribution in [-0.4, -0.2) is 44.8 Å². The largest absolute Gasteiger partial charge is 0.772 e. The van der Waals surface area contributed by atoms with Crippen molar-refractivity contribution < 1.29 is 26.7 Å². The first-order chi connectivity index (χ1) is 11.2. The smallest absolute Gasteiger partial charge is 0.573 e. The van der Waals surface area contributed by atoms with Gasteiger partial charge in [-0.15, -0.1) is 13.2 Å². The van der Waals surface area contributed by atoms with E-state index in [0.717, 1.165) is 12.1 Å². The van der Waals surface area contributed by atoms with Crippen LogP contribution < -0.4 is 10.5 Å². The zero-order valence-electron chi connectivity index (χ0n) is 12.7. The third kappa shape index (κ3) is 6.00. The average molecular weight is 364 g/mol. The van der Waals surface area contributed by atoms with E-state index in [1.165, 1.54) is 12.1 Å². The normalized spacial score (nSPS) is 18.5. The molecule has 0 spiro atoms. The zero-order valence-corrected chi connectivity index (χ0v) is 13.5. The van der Waals surface area contributed by atoms with Crippen LogP contribution in [0.25, 0.3) is 0 Å². The first-order valence-electron chi connectivity index (χ1n) is 7.24. The van der Waals surface area contributed by atoms with E-state index >= 15 is 0 Å². The van der Waals surface area contributed by atoms with Crippen LogP contribution in [0, 0.1) is 5.92 Å². The molecule has 1 fully saturated rings. The molecule has 2 N–H and O–H groups in total. The Morgan fingerprint density at radius 1 is 1.33 bits per heavy atom. The molecule has 1 atom stereocenters. The lowest BCUT2D eigenvalue weighted by atomic mass is 9.99. The van der Waals surface area contributed by atoms with Crippen LogP contribution in [0.5, 0.6) is 5.75 Å². The average Bonchev–Trinajstić information content (AvgIpc) is 2.48. The summed E-state index contributed by atoms with van der Waals surface area (Å²) in [6.45, 7) is 1.18. The summed E-state index contributed by atoms with van der Waals surface area (Å²) < 4.78 is 61.4. The Morgan fingerprint density at radius 3 is 2.42 bits per heavy atom. The van der Waals surface area contributed by atoms with E-state index < -0.39 is 17.4 Å². The van der Waals surface area contributed by atoms with Gasteiger partial charge in [-0.1, -0.05) is 11.1 Å². The zero-order chi connectivity index (χ0) is 17.7. The highest BCUT2D eigenvalue weighted by molar-refractivity contribution is 7.79. The molecule has 1 aliphatic heterocycles. The summed E-state index contributed by atoms with van der Waals surface area (Å²) in [5.41, 5.74) is 6.32. The molecule has 0 bridgehead atoms. The fourth-order valence-electron chi connectivity index (χ4n) is 2.45. The van der Waals surface area contributed by atoms with Gasteiger partial charge in [-0.25, -0.2) is 4.99 Å². The molecule has 1 aliphatic rings. The molecule has 1 heterocycles. The maximum Gasteiger partial charge on any atom is 0.573 e. The van der Waals surface area contributed by atoms with Crippen LogP contribution in [0.4, 0.5) is 18.9 Å². The van der Waals surface area contributed by atoms with Crippen LogP contribution >= 0.6 is 0 Å². The predicted octanol–water partition coefficient (Wildman–Crippen LogP) is 2.12. The van der Waals surface area contributed by atoms with Crippen LogP contribution in [0.15, 0.2) is 29.3 Å². The second kappa shape index (κ2) is 7.84. The Labute approximate surface area is 139 Å². The molecule has 1 saturated heterocycles. The predicted molar refractivity (Wildman–Crippen MR) is 82.5 cm³/mol. The van der Waals surface area contributed by atoms with Crippen LogP contribution in [0.3, 0.4) is 0 Å². The molecule has 134 valence electrons. The molecule has 0 radical (unpaired) electrons. The number of ether oxygens (including phenoxy) is 1. The first-order valence-corrected chi connectivity index (χ1v) is 8.48. The first kappa shape index (κ1) is 18.5. The molecule has 0 saturated carbocycles. The molecule has 0 amide bonds. The summed E-state index contributed by atoms with van der Waals surface area (Å²) in [6.07, 6.45) is -3.34. The Morgan fingerprint density at radius 2 is 1.92 bits per heavy atom. The molecule has 0 aromatic heterocycles. The van der Waals surface area contributed by atoms with Crippen molar-refractivity contribution in [2.45, 2.75) is 19.2 Å². The van der Waals surface area contributed by atoms with Crippen molar-refractivity contribution in [3.8, 4) is 5.75 Å². The SMILES string of the molecule is NC(=Nc1ccc(OC(F)(F)F)cc1)N1CCC(CS(=O)[O-])CC1. The number of guanidine groups is 1.